The lowest BCUT2D eigenvalue weighted by atomic mass is 9.96. The number of anilines is 3. The third kappa shape index (κ3) is 6.20. The molecule has 2 fully saturated rings. The second-order valence-electron chi connectivity index (χ2n) is 9.40. The van der Waals surface area contributed by atoms with Crippen LogP contribution in [-0.4, -0.2) is 58.6 Å². The van der Waals surface area contributed by atoms with Crippen molar-refractivity contribution in [1.82, 2.24) is 14.9 Å². The Morgan fingerprint density at radius 2 is 2.13 bits per heavy atom. The van der Waals surface area contributed by atoms with Crippen LogP contribution >= 0.6 is 11.6 Å². The number of aromatic nitrogens is 2. The summed E-state index contributed by atoms with van der Waals surface area (Å²) in [7, 11) is 0. The molecule has 1 saturated heterocycles. The van der Waals surface area contributed by atoms with E-state index in [1.807, 2.05) is 11.8 Å². The normalized spacial score (nSPS) is 18.3. The summed E-state index contributed by atoms with van der Waals surface area (Å²) < 4.78 is 24.9. The van der Waals surface area contributed by atoms with Crippen molar-refractivity contribution in [2.24, 2.45) is 0 Å². The molecule has 2 N–H and O–H groups in total. The number of carbonyl (C=O) groups is 2. The molecule has 1 amide bonds. The number of halogens is 2. The van der Waals surface area contributed by atoms with Crippen molar-refractivity contribution in [3.8, 4) is 5.75 Å². The summed E-state index contributed by atoms with van der Waals surface area (Å²) in [6.45, 7) is 3.08. The van der Waals surface area contributed by atoms with Gasteiger partial charge in [-0.25, -0.2) is 14.4 Å². The van der Waals surface area contributed by atoms with Crippen LogP contribution in [0, 0.1) is 5.82 Å². The Morgan fingerprint density at radius 1 is 1.29 bits per heavy atom. The van der Waals surface area contributed by atoms with Crippen LogP contribution in [0.2, 0.25) is 5.02 Å². The SMILES string of the molecule is C[C@@H]1CN(C/C=C/C(=O)Nc2cc3c(Nc4ccc(F)c(Cl)c4)ncnc3cc2OC2CCC2)CC(=O)O1. The fourth-order valence-corrected chi connectivity index (χ4v) is 4.47. The van der Waals surface area contributed by atoms with Gasteiger partial charge in [-0.1, -0.05) is 17.7 Å². The second-order valence-corrected chi connectivity index (χ2v) is 9.81. The molecule has 198 valence electrons. The van der Waals surface area contributed by atoms with E-state index in [1.165, 1.54) is 24.5 Å². The van der Waals surface area contributed by atoms with Gasteiger partial charge in [0, 0.05) is 36.3 Å². The van der Waals surface area contributed by atoms with Gasteiger partial charge in [-0.2, -0.15) is 0 Å². The van der Waals surface area contributed by atoms with Gasteiger partial charge in [0.1, 0.15) is 29.8 Å². The Morgan fingerprint density at radius 3 is 2.87 bits per heavy atom. The van der Waals surface area contributed by atoms with E-state index in [0.717, 1.165) is 19.3 Å². The van der Waals surface area contributed by atoms with E-state index in [4.69, 9.17) is 21.1 Å². The maximum atomic E-state index is 13.6. The first-order valence-electron chi connectivity index (χ1n) is 12.4. The molecular formula is C27H27ClFN5O4. The van der Waals surface area contributed by atoms with Crippen molar-refractivity contribution < 1.29 is 23.5 Å². The first-order chi connectivity index (χ1) is 18.3. The molecule has 5 rings (SSSR count). The molecule has 0 spiro atoms. The predicted molar refractivity (Wildman–Crippen MR) is 142 cm³/mol. The van der Waals surface area contributed by atoms with Gasteiger partial charge in [-0.3, -0.25) is 14.5 Å². The third-order valence-electron chi connectivity index (χ3n) is 6.36. The summed E-state index contributed by atoms with van der Waals surface area (Å²) in [5.74, 6) is -0.149. The molecule has 0 bridgehead atoms. The molecule has 1 saturated carbocycles. The van der Waals surface area contributed by atoms with Gasteiger partial charge in [-0.15, -0.1) is 0 Å². The maximum absolute atomic E-state index is 13.6. The largest absolute Gasteiger partial charge is 0.488 e. The number of benzene rings is 2. The Bertz CT molecular complexity index is 1400. The van der Waals surface area contributed by atoms with Crippen molar-refractivity contribution in [1.29, 1.82) is 0 Å². The molecule has 1 aliphatic heterocycles. The van der Waals surface area contributed by atoms with Crippen molar-refractivity contribution in [2.75, 3.05) is 30.3 Å². The van der Waals surface area contributed by atoms with Gasteiger partial charge < -0.3 is 20.1 Å². The summed E-state index contributed by atoms with van der Waals surface area (Å²) in [6.07, 6.45) is 7.46. The van der Waals surface area contributed by atoms with Crippen LogP contribution in [0.1, 0.15) is 26.2 Å². The van der Waals surface area contributed by atoms with Gasteiger partial charge in [0.15, 0.2) is 0 Å². The van der Waals surface area contributed by atoms with Crippen molar-refractivity contribution >= 4 is 51.6 Å². The monoisotopic (exact) mass is 539 g/mol. The van der Waals surface area contributed by atoms with Gasteiger partial charge in [-0.05, 0) is 50.5 Å². The highest BCUT2D eigenvalue weighted by Crippen LogP contribution is 2.36. The highest BCUT2D eigenvalue weighted by atomic mass is 35.5. The molecule has 2 heterocycles. The topological polar surface area (TPSA) is 106 Å². The number of nitrogens with one attached hydrogen (secondary N) is 2. The van der Waals surface area contributed by atoms with Gasteiger partial charge in [0.2, 0.25) is 5.91 Å². The number of rotatable bonds is 8. The number of hydrogen-bond acceptors (Lipinski definition) is 8. The fourth-order valence-electron chi connectivity index (χ4n) is 4.29. The zero-order valence-electron chi connectivity index (χ0n) is 20.7. The van der Waals surface area contributed by atoms with E-state index >= 15 is 0 Å². The summed E-state index contributed by atoms with van der Waals surface area (Å²) in [5, 5.41) is 6.67. The number of ether oxygens (including phenoxy) is 2. The van der Waals surface area contributed by atoms with Gasteiger partial charge >= 0.3 is 5.97 Å². The quantitative estimate of drug-likeness (QED) is 0.309. The molecule has 1 aromatic heterocycles. The van der Waals surface area contributed by atoms with Gasteiger partial charge in [0.05, 0.1) is 28.9 Å². The summed E-state index contributed by atoms with van der Waals surface area (Å²) in [4.78, 5) is 35.1. The van der Waals surface area contributed by atoms with E-state index in [1.54, 1.807) is 24.3 Å². The highest BCUT2D eigenvalue weighted by Gasteiger charge is 2.23. The van der Waals surface area contributed by atoms with Crippen LogP contribution < -0.4 is 15.4 Å². The van der Waals surface area contributed by atoms with Crippen molar-refractivity contribution in [3.63, 3.8) is 0 Å². The number of morpholine rings is 1. The molecule has 0 radical (unpaired) electrons. The number of nitrogens with zero attached hydrogens (tertiary/aromatic N) is 3. The predicted octanol–water partition coefficient (Wildman–Crippen LogP) is 4.84. The standard InChI is InChI=1S/C27H27ClFN5O4/c1-16-13-34(14-26(36)37-16)9-3-6-25(35)33-23-11-19-22(12-24(23)38-18-4-2-5-18)30-15-31-27(19)32-17-7-8-21(29)20(28)10-17/h3,6-8,10-12,15-16,18H,2,4-5,9,13-14H2,1H3,(H,33,35)(H,30,31,32)/b6-3+/t16-/m1/s1. The molecular weight excluding hydrogens is 513 g/mol. The summed E-state index contributed by atoms with van der Waals surface area (Å²) in [5.41, 5.74) is 1.64. The van der Waals surface area contributed by atoms with Crippen LogP contribution in [0.3, 0.4) is 0 Å². The van der Waals surface area contributed by atoms with Crippen LogP contribution in [-0.2, 0) is 14.3 Å². The minimum absolute atomic E-state index is 0.0137. The molecule has 38 heavy (non-hydrogen) atoms. The zero-order valence-corrected chi connectivity index (χ0v) is 21.5. The molecule has 2 aliphatic rings. The van der Waals surface area contributed by atoms with E-state index < -0.39 is 5.82 Å². The first kappa shape index (κ1) is 25.9. The lowest BCUT2D eigenvalue weighted by Crippen LogP contribution is -2.44. The minimum atomic E-state index is -0.518. The number of esters is 1. The van der Waals surface area contributed by atoms with Crippen LogP contribution in [0.4, 0.5) is 21.6 Å². The average Bonchev–Trinajstić information content (AvgIpc) is 2.83. The molecule has 3 aromatic rings. The number of cyclic esters (lactones) is 1. The molecule has 9 nitrogen and oxygen atoms in total. The Hall–Kier alpha value is -3.76. The summed E-state index contributed by atoms with van der Waals surface area (Å²) >= 11 is 5.93. The Kier molecular flexibility index (Phi) is 7.71. The summed E-state index contributed by atoms with van der Waals surface area (Å²) in [6, 6.07) is 7.82. The maximum Gasteiger partial charge on any atom is 0.320 e. The van der Waals surface area contributed by atoms with Crippen LogP contribution in [0.25, 0.3) is 10.9 Å². The molecule has 1 atom stereocenters. The van der Waals surface area contributed by atoms with Crippen LogP contribution in [0.15, 0.2) is 48.8 Å². The number of amides is 1. The first-order valence-corrected chi connectivity index (χ1v) is 12.8. The van der Waals surface area contributed by atoms with Crippen molar-refractivity contribution in [3.05, 3.63) is 59.7 Å². The third-order valence-corrected chi connectivity index (χ3v) is 6.65. The minimum Gasteiger partial charge on any atom is -0.488 e. The number of hydrogen-bond donors (Lipinski definition) is 2. The van der Waals surface area contributed by atoms with E-state index in [0.29, 0.717) is 46.9 Å². The number of fused-ring (bicyclic) bond motifs is 1. The lowest BCUT2D eigenvalue weighted by molar-refractivity contribution is -0.156. The lowest BCUT2D eigenvalue weighted by Gasteiger charge is -2.29. The van der Waals surface area contributed by atoms with E-state index in [-0.39, 0.29) is 35.7 Å². The Labute approximate surface area is 224 Å². The molecule has 0 unspecified atom stereocenters. The van der Waals surface area contributed by atoms with Crippen LogP contribution in [0.5, 0.6) is 5.75 Å². The second kappa shape index (κ2) is 11.3. The fraction of sp³-hybridized carbons (Fsp3) is 0.333. The zero-order chi connectivity index (χ0) is 26.6. The van der Waals surface area contributed by atoms with E-state index in [2.05, 4.69) is 20.6 Å². The highest BCUT2D eigenvalue weighted by molar-refractivity contribution is 6.31. The number of carbonyl (C=O) groups excluding carboxylic acids is 2. The van der Waals surface area contributed by atoms with Crippen molar-refractivity contribution in [2.45, 2.75) is 38.4 Å². The van der Waals surface area contributed by atoms with Gasteiger partial charge in [0.25, 0.3) is 0 Å². The van der Waals surface area contributed by atoms with E-state index in [9.17, 15) is 14.0 Å². The molecule has 1 aliphatic carbocycles. The average molecular weight is 540 g/mol. The smallest absolute Gasteiger partial charge is 0.320 e. The molecule has 2 aromatic carbocycles. The molecule has 11 heteroatoms. The Balaban J connectivity index is 1.38.